The molecule has 5 N–H and O–H groups in total. The summed E-state index contributed by atoms with van der Waals surface area (Å²) in [7, 11) is 0. The second-order valence-corrected chi connectivity index (χ2v) is 9.72. The van der Waals surface area contributed by atoms with Gasteiger partial charge >= 0.3 is 11.9 Å². The fourth-order valence-electron chi connectivity index (χ4n) is 4.61. The van der Waals surface area contributed by atoms with Gasteiger partial charge in [0.05, 0.1) is 22.4 Å². The standard InChI is InChI=1S/C15H11FN2O3.C9H7FO.C7H7NO3.CH4/c1-7-11(15(20)21)6-17-13(7)5-10-9-4-8(16)2-3-12(9)18-14(10)19;10-8-2-1-6-4-9(11)5-7(6)3-8;1-4-5(7(10)11)2-8-6(4)3-9;/h2-6,17H,1H3,(H,18,19)(H,20,21);1-3H,4-5H2;2-3,8H,1H3,(H,10,11);1H4/b10-5-;;;. The number of aromatic amines is 2. The Bertz CT molecular complexity index is 1820. The van der Waals surface area contributed by atoms with Crippen molar-refractivity contribution in [2.75, 3.05) is 5.32 Å². The molecule has 2 aromatic carbocycles. The monoisotopic (exact) mass is 605 g/mol. The summed E-state index contributed by atoms with van der Waals surface area (Å²) in [5, 5.41) is 20.2. The summed E-state index contributed by atoms with van der Waals surface area (Å²) in [6, 6.07) is 8.57. The summed E-state index contributed by atoms with van der Waals surface area (Å²) in [6.07, 6.45) is 5.69. The molecular formula is C32H29F2N3O7. The van der Waals surface area contributed by atoms with Crippen LogP contribution in [0, 0.1) is 25.5 Å². The summed E-state index contributed by atoms with van der Waals surface area (Å²) >= 11 is 0. The number of aromatic carboxylic acids is 2. The quantitative estimate of drug-likeness (QED) is 0.149. The molecule has 0 atom stereocenters. The number of hydrogen-bond donors (Lipinski definition) is 5. The van der Waals surface area contributed by atoms with Gasteiger partial charge in [-0.1, -0.05) is 13.5 Å². The number of halogens is 2. The highest BCUT2D eigenvalue weighted by molar-refractivity contribution is 6.34. The van der Waals surface area contributed by atoms with E-state index >= 15 is 0 Å². The smallest absolute Gasteiger partial charge is 0.337 e. The van der Waals surface area contributed by atoms with E-state index in [9.17, 15) is 32.8 Å². The van der Waals surface area contributed by atoms with E-state index < -0.39 is 17.8 Å². The van der Waals surface area contributed by atoms with Crippen molar-refractivity contribution in [2.45, 2.75) is 34.1 Å². The number of aldehydes is 1. The number of carboxylic acids is 2. The molecule has 12 heteroatoms. The minimum absolute atomic E-state index is 0. The molecule has 10 nitrogen and oxygen atoms in total. The average Bonchev–Trinajstić information content (AvgIpc) is 3.69. The lowest BCUT2D eigenvalue weighted by molar-refractivity contribution is -0.117. The zero-order valence-electron chi connectivity index (χ0n) is 22.9. The number of rotatable bonds is 4. The first-order chi connectivity index (χ1) is 20.4. The molecule has 0 saturated heterocycles. The van der Waals surface area contributed by atoms with Gasteiger partial charge in [-0.3, -0.25) is 14.4 Å². The van der Waals surface area contributed by atoms with E-state index in [-0.39, 0.29) is 36.1 Å². The molecule has 44 heavy (non-hydrogen) atoms. The molecule has 228 valence electrons. The van der Waals surface area contributed by atoms with E-state index in [1.807, 2.05) is 0 Å². The van der Waals surface area contributed by atoms with Crippen LogP contribution in [0.25, 0.3) is 11.6 Å². The molecule has 2 aromatic heterocycles. The van der Waals surface area contributed by atoms with Crippen LogP contribution in [0.3, 0.4) is 0 Å². The van der Waals surface area contributed by atoms with Crippen LogP contribution in [0.5, 0.6) is 0 Å². The molecule has 1 aliphatic heterocycles. The number of hydrogen-bond acceptors (Lipinski definition) is 5. The van der Waals surface area contributed by atoms with Crippen molar-refractivity contribution in [2.24, 2.45) is 0 Å². The number of nitrogens with one attached hydrogen (secondary N) is 3. The van der Waals surface area contributed by atoms with Crippen LogP contribution in [-0.2, 0) is 22.4 Å². The van der Waals surface area contributed by atoms with Crippen molar-refractivity contribution in [1.29, 1.82) is 0 Å². The zero-order chi connectivity index (χ0) is 31.4. The van der Waals surface area contributed by atoms with Gasteiger partial charge in [0.25, 0.3) is 5.91 Å². The first kappa shape index (κ1) is 32.9. The molecule has 0 unspecified atom stereocenters. The minimum atomic E-state index is -1.05. The summed E-state index contributed by atoms with van der Waals surface area (Å²) < 4.78 is 25.9. The first-order valence-corrected chi connectivity index (χ1v) is 12.8. The van der Waals surface area contributed by atoms with Crippen molar-refractivity contribution in [3.8, 4) is 0 Å². The number of H-pyrrole nitrogens is 2. The molecule has 0 fully saturated rings. The van der Waals surface area contributed by atoms with Gasteiger partial charge in [0, 0.05) is 42.2 Å². The number of carbonyl (C=O) groups excluding carboxylic acids is 3. The Morgan fingerprint density at radius 1 is 0.818 bits per heavy atom. The molecule has 3 heterocycles. The van der Waals surface area contributed by atoms with Crippen LogP contribution < -0.4 is 5.32 Å². The van der Waals surface area contributed by atoms with E-state index in [1.165, 1.54) is 48.8 Å². The number of benzene rings is 2. The molecule has 1 amide bonds. The molecule has 0 saturated carbocycles. The van der Waals surface area contributed by atoms with Gasteiger partial charge in [-0.15, -0.1) is 0 Å². The number of Topliss-reactive ketones (excluding diaryl/α,β-unsaturated/α-hetero) is 1. The topological polar surface area (TPSA) is 169 Å². The SMILES string of the molecule is C.Cc1c(C(=O)O)c[nH]c1/C=C1\C(=O)Nc2ccc(F)cc21.Cc1c(C(=O)O)c[nH]c1C=O.O=C1Cc2ccc(F)cc2C1. The molecule has 0 spiro atoms. The lowest BCUT2D eigenvalue weighted by Crippen LogP contribution is -2.03. The summed E-state index contributed by atoms with van der Waals surface area (Å²) in [5.74, 6) is -2.92. The number of fused-ring (bicyclic) bond motifs is 2. The van der Waals surface area contributed by atoms with Crippen molar-refractivity contribution in [1.82, 2.24) is 9.97 Å². The van der Waals surface area contributed by atoms with Gasteiger partial charge in [0.2, 0.25) is 0 Å². The molecule has 1 aliphatic carbocycles. The maximum Gasteiger partial charge on any atom is 0.337 e. The van der Waals surface area contributed by atoms with Gasteiger partial charge in [-0.25, -0.2) is 18.4 Å². The summed E-state index contributed by atoms with van der Waals surface area (Å²) in [5.41, 5.74) is 5.25. The van der Waals surface area contributed by atoms with E-state index in [0.29, 0.717) is 58.5 Å². The van der Waals surface area contributed by atoms with E-state index in [2.05, 4.69) is 15.3 Å². The Kier molecular flexibility index (Phi) is 10.1. The summed E-state index contributed by atoms with van der Waals surface area (Å²) in [4.78, 5) is 59.9. The van der Waals surface area contributed by atoms with Crippen molar-refractivity contribution in [3.05, 3.63) is 111 Å². The Hall–Kier alpha value is -5.65. The van der Waals surface area contributed by atoms with Gasteiger partial charge in [-0.2, -0.15) is 0 Å². The fourth-order valence-corrected chi connectivity index (χ4v) is 4.61. The fraction of sp³-hybridized carbons (Fsp3) is 0.156. The molecule has 0 bridgehead atoms. The molecule has 0 radical (unpaired) electrons. The number of amides is 1. The Labute approximate surface area is 250 Å². The van der Waals surface area contributed by atoms with Crippen molar-refractivity contribution in [3.63, 3.8) is 0 Å². The maximum atomic E-state index is 13.3. The minimum Gasteiger partial charge on any atom is -0.478 e. The maximum absolute atomic E-state index is 13.3. The highest BCUT2D eigenvalue weighted by Crippen LogP contribution is 2.34. The Morgan fingerprint density at radius 3 is 1.93 bits per heavy atom. The predicted octanol–water partition coefficient (Wildman–Crippen LogP) is 5.62. The Balaban J connectivity index is 0.000000195. The number of aromatic nitrogens is 2. The van der Waals surface area contributed by atoms with Gasteiger partial charge in [0.1, 0.15) is 17.4 Å². The van der Waals surface area contributed by atoms with Gasteiger partial charge in [0.15, 0.2) is 6.29 Å². The van der Waals surface area contributed by atoms with Gasteiger partial charge < -0.3 is 25.5 Å². The van der Waals surface area contributed by atoms with E-state index in [1.54, 1.807) is 19.9 Å². The van der Waals surface area contributed by atoms with Crippen LogP contribution >= 0.6 is 0 Å². The number of carbonyl (C=O) groups is 5. The molecule has 4 aromatic rings. The van der Waals surface area contributed by atoms with E-state index in [0.717, 1.165) is 11.1 Å². The molecule has 6 rings (SSSR count). The van der Waals surface area contributed by atoms with Crippen LogP contribution in [0.2, 0.25) is 0 Å². The summed E-state index contributed by atoms with van der Waals surface area (Å²) in [6.45, 7) is 3.23. The molecule has 2 aliphatic rings. The van der Waals surface area contributed by atoms with Crippen molar-refractivity contribution < 1.29 is 43.0 Å². The highest BCUT2D eigenvalue weighted by Gasteiger charge is 2.25. The van der Waals surface area contributed by atoms with E-state index in [4.69, 9.17) is 10.2 Å². The first-order valence-electron chi connectivity index (χ1n) is 12.8. The largest absolute Gasteiger partial charge is 0.478 e. The van der Waals surface area contributed by atoms with Crippen LogP contribution in [-0.4, -0.2) is 50.1 Å². The Morgan fingerprint density at radius 2 is 1.36 bits per heavy atom. The third-order valence-electron chi connectivity index (χ3n) is 6.94. The number of carboxylic acid groups (broad SMARTS) is 2. The van der Waals surface area contributed by atoms with Crippen LogP contribution in [0.1, 0.15) is 72.1 Å². The predicted molar refractivity (Wildman–Crippen MR) is 159 cm³/mol. The zero-order valence-corrected chi connectivity index (χ0v) is 22.9. The van der Waals surface area contributed by atoms with Gasteiger partial charge in [-0.05, 0) is 72.5 Å². The second-order valence-electron chi connectivity index (χ2n) is 9.72. The number of ketones is 1. The third kappa shape index (κ3) is 7.04. The van der Waals surface area contributed by atoms with Crippen molar-refractivity contribution >= 4 is 47.3 Å². The molecular weight excluding hydrogens is 576 g/mol. The van der Waals surface area contributed by atoms with Crippen LogP contribution in [0.4, 0.5) is 14.5 Å². The highest BCUT2D eigenvalue weighted by atomic mass is 19.1. The lowest BCUT2D eigenvalue weighted by Gasteiger charge is -1.99. The second kappa shape index (κ2) is 13.6. The normalized spacial score (nSPS) is 13.4. The lowest BCUT2D eigenvalue weighted by atomic mass is 10.0. The number of anilines is 1. The average molecular weight is 606 g/mol. The third-order valence-corrected chi connectivity index (χ3v) is 6.94. The van der Waals surface area contributed by atoms with Crippen LogP contribution in [0.15, 0.2) is 48.8 Å².